The van der Waals surface area contributed by atoms with Crippen LogP contribution in [-0.2, 0) is 17.6 Å². The number of hydrogen-bond donors (Lipinski definition) is 2. The van der Waals surface area contributed by atoms with Gasteiger partial charge in [0.05, 0.1) is 7.11 Å². The minimum absolute atomic E-state index is 0.150. The highest BCUT2D eigenvalue weighted by Crippen LogP contribution is 2.22. The Morgan fingerprint density at radius 3 is 2.62 bits per heavy atom. The maximum Gasteiger partial charge on any atom is 0.339 e. The van der Waals surface area contributed by atoms with E-state index in [0.29, 0.717) is 28.7 Å². The van der Waals surface area contributed by atoms with Crippen LogP contribution in [0, 0.1) is 5.92 Å². The number of ether oxygens (including phenoxy) is 1. The zero-order chi connectivity index (χ0) is 18.5. The highest BCUT2D eigenvalue weighted by Gasteiger charge is 2.21. The van der Waals surface area contributed by atoms with Crippen LogP contribution in [0.15, 0.2) is 63.8 Å². The first-order valence-electron chi connectivity index (χ1n) is 8.19. The smallest absolute Gasteiger partial charge is 0.339 e. The Labute approximate surface area is 150 Å². The molecule has 0 aliphatic rings. The van der Waals surface area contributed by atoms with Gasteiger partial charge in [-0.25, -0.2) is 10.3 Å². The number of hydrogen-bond acceptors (Lipinski definition) is 5. The van der Waals surface area contributed by atoms with Crippen LogP contribution < -0.4 is 15.8 Å². The molecule has 1 unspecified atom stereocenters. The van der Waals surface area contributed by atoms with Crippen LogP contribution in [0.1, 0.15) is 11.1 Å². The molecule has 0 radical (unpaired) electrons. The summed E-state index contributed by atoms with van der Waals surface area (Å²) in [6.07, 6.45) is 0.541. The van der Waals surface area contributed by atoms with Gasteiger partial charge in [-0.3, -0.25) is 10.0 Å². The lowest BCUT2D eigenvalue weighted by atomic mass is 9.92. The van der Waals surface area contributed by atoms with E-state index in [9.17, 15) is 9.59 Å². The molecule has 134 valence electrons. The molecule has 0 fully saturated rings. The Morgan fingerprint density at radius 2 is 1.92 bits per heavy atom. The number of benzene rings is 2. The third kappa shape index (κ3) is 3.92. The summed E-state index contributed by atoms with van der Waals surface area (Å²) in [5.74, 6) is -0.501. The molecule has 1 aromatic heterocycles. The van der Waals surface area contributed by atoms with E-state index < -0.39 is 17.5 Å². The van der Waals surface area contributed by atoms with Crippen LogP contribution in [-0.4, -0.2) is 18.2 Å². The Morgan fingerprint density at radius 1 is 1.15 bits per heavy atom. The van der Waals surface area contributed by atoms with E-state index in [1.165, 1.54) is 0 Å². The van der Waals surface area contributed by atoms with Gasteiger partial charge in [0.15, 0.2) is 0 Å². The number of amides is 1. The van der Waals surface area contributed by atoms with E-state index in [0.717, 1.165) is 5.56 Å². The van der Waals surface area contributed by atoms with Crippen molar-refractivity contribution in [3.63, 3.8) is 0 Å². The van der Waals surface area contributed by atoms with E-state index in [1.54, 1.807) is 36.9 Å². The van der Waals surface area contributed by atoms with Gasteiger partial charge in [-0.1, -0.05) is 30.3 Å². The van der Waals surface area contributed by atoms with E-state index in [4.69, 9.17) is 14.4 Å². The largest absolute Gasteiger partial charge is 0.497 e. The molecule has 26 heavy (non-hydrogen) atoms. The van der Waals surface area contributed by atoms with Gasteiger partial charge in [0, 0.05) is 16.9 Å². The maximum atomic E-state index is 12.3. The number of carbonyl (C=O) groups excluding carboxylic acids is 1. The van der Waals surface area contributed by atoms with Crippen LogP contribution in [0.25, 0.3) is 11.0 Å². The predicted octanol–water partition coefficient (Wildman–Crippen LogP) is 2.71. The summed E-state index contributed by atoms with van der Waals surface area (Å²) < 4.78 is 10.5. The van der Waals surface area contributed by atoms with Gasteiger partial charge in [-0.05, 0) is 42.7 Å². The van der Waals surface area contributed by atoms with Gasteiger partial charge < -0.3 is 9.15 Å². The predicted molar refractivity (Wildman–Crippen MR) is 96.3 cm³/mol. The molecule has 6 nitrogen and oxygen atoms in total. The fourth-order valence-electron chi connectivity index (χ4n) is 2.93. The van der Waals surface area contributed by atoms with Crippen molar-refractivity contribution in [2.24, 2.45) is 5.92 Å². The number of hydroxylamine groups is 1. The van der Waals surface area contributed by atoms with Crippen LogP contribution >= 0.6 is 0 Å². The molecule has 1 atom stereocenters. The summed E-state index contributed by atoms with van der Waals surface area (Å²) in [6, 6.07) is 16.3. The average Bonchev–Trinajstić information content (AvgIpc) is 2.67. The van der Waals surface area contributed by atoms with E-state index >= 15 is 0 Å². The van der Waals surface area contributed by atoms with E-state index in [-0.39, 0.29) is 6.42 Å². The van der Waals surface area contributed by atoms with Crippen molar-refractivity contribution in [1.29, 1.82) is 0 Å². The molecule has 1 heterocycles. The summed E-state index contributed by atoms with van der Waals surface area (Å²) >= 11 is 0. The Kier molecular flexibility index (Phi) is 5.34. The minimum atomic E-state index is -0.603. The van der Waals surface area contributed by atoms with Crippen molar-refractivity contribution in [2.45, 2.75) is 12.8 Å². The summed E-state index contributed by atoms with van der Waals surface area (Å²) in [7, 11) is 1.56. The maximum absolute atomic E-state index is 12.3. The van der Waals surface area contributed by atoms with Crippen molar-refractivity contribution in [2.75, 3.05) is 7.11 Å². The molecule has 1 amide bonds. The summed E-state index contributed by atoms with van der Waals surface area (Å²) in [6.45, 7) is 0. The number of fused-ring (bicyclic) bond motifs is 1. The molecule has 2 aromatic carbocycles. The van der Waals surface area contributed by atoms with Gasteiger partial charge in [-0.15, -0.1) is 0 Å². The van der Waals surface area contributed by atoms with E-state index in [1.807, 2.05) is 30.3 Å². The molecule has 6 heteroatoms. The van der Waals surface area contributed by atoms with Gasteiger partial charge >= 0.3 is 5.63 Å². The topological polar surface area (TPSA) is 88.8 Å². The molecule has 3 rings (SSSR count). The fourth-order valence-corrected chi connectivity index (χ4v) is 2.93. The highest BCUT2D eigenvalue weighted by molar-refractivity contribution is 5.80. The van der Waals surface area contributed by atoms with Crippen molar-refractivity contribution >= 4 is 16.9 Å². The van der Waals surface area contributed by atoms with Crippen LogP contribution in [0.5, 0.6) is 5.75 Å². The van der Waals surface area contributed by atoms with Crippen molar-refractivity contribution in [3.8, 4) is 5.75 Å². The Bertz CT molecular complexity index is 965. The zero-order valence-corrected chi connectivity index (χ0v) is 14.3. The molecule has 3 aromatic rings. The SMILES string of the molecule is COc1ccc2oc(=O)c(CC(Cc3ccccc3)C(=O)NO)cc2c1. The second kappa shape index (κ2) is 7.84. The molecule has 0 saturated carbocycles. The van der Waals surface area contributed by atoms with Crippen molar-refractivity contribution in [3.05, 3.63) is 76.1 Å². The molecule has 0 spiro atoms. The lowest BCUT2D eigenvalue weighted by molar-refractivity contribution is -0.133. The molecule has 0 aliphatic carbocycles. The van der Waals surface area contributed by atoms with E-state index in [2.05, 4.69) is 0 Å². The number of rotatable bonds is 6. The second-order valence-electron chi connectivity index (χ2n) is 6.03. The van der Waals surface area contributed by atoms with Crippen LogP contribution in [0.3, 0.4) is 0 Å². The number of carbonyl (C=O) groups is 1. The molecule has 0 bridgehead atoms. The van der Waals surface area contributed by atoms with Crippen molar-refractivity contribution in [1.82, 2.24) is 5.48 Å². The van der Waals surface area contributed by atoms with Gasteiger partial charge in [-0.2, -0.15) is 0 Å². The monoisotopic (exact) mass is 353 g/mol. The van der Waals surface area contributed by atoms with Crippen molar-refractivity contribution < 1.29 is 19.2 Å². The molecular weight excluding hydrogens is 334 g/mol. The van der Waals surface area contributed by atoms with Gasteiger partial charge in [0.25, 0.3) is 0 Å². The lowest BCUT2D eigenvalue weighted by Crippen LogP contribution is -2.32. The van der Waals surface area contributed by atoms with Gasteiger partial charge in [0.1, 0.15) is 11.3 Å². The Hall–Kier alpha value is -3.12. The average molecular weight is 353 g/mol. The quantitative estimate of drug-likeness (QED) is 0.404. The summed E-state index contributed by atoms with van der Waals surface area (Å²) in [4.78, 5) is 24.4. The summed E-state index contributed by atoms with van der Waals surface area (Å²) in [5, 5.41) is 9.76. The Balaban J connectivity index is 1.93. The standard InChI is InChI=1S/C20H19NO5/c1-25-17-7-8-18-14(12-17)10-16(20(23)26-18)11-15(19(22)21-24)9-13-5-3-2-4-6-13/h2-8,10,12,15,24H,9,11H2,1H3,(H,21,22). The third-order valence-electron chi connectivity index (χ3n) is 4.28. The normalized spacial score (nSPS) is 11.9. The third-order valence-corrected chi connectivity index (χ3v) is 4.28. The molecule has 0 aliphatic heterocycles. The highest BCUT2D eigenvalue weighted by atomic mass is 16.5. The first kappa shape index (κ1) is 17.7. The molecular formula is C20H19NO5. The lowest BCUT2D eigenvalue weighted by Gasteiger charge is -2.15. The first-order chi connectivity index (χ1) is 12.6. The number of nitrogens with one attached hydrogen (secondary N) is 1. The molecule has 2 N–H and O–H groups in total. The number of methoxy groups -OCH3 is 1. The summed E-state index contributed by atoms with van der Waals surface area (Å²) in [5.41, 5.74) is 2.95. The van der Waals surface area contributed by atoms with Crippen LogP contribution in [0.2, 0.25) is 0 Å². The van der Waals surface area contributed by atoms with Gasteiger partial charge in [0.2, 0.25) is 5.91 Å². The second-order valence-corrected chi connectivity index (χ2v) is 6.03. The first-order valence-corrected chi connectivity index (χ1v) is 8.19. The van der Waals surface area contributed by atoms with Crippen LogP contribution in [0.4, 0.5) is 0 Å². The fraction of sp³-hybridized carbons (Fsp3) is 0.200. The minimum Gasteiger partial charge on any atom is -0.497 e. The zero-order valence-electron chi connectivity index (χ0n) is 14.3. The molecule has 0 saturated heterocycles.